The van der Waals surface area contributed by atoms with Gasteiger partial charge in [-0.3, -0.25) is 0 Å². The van der Waals surface area contributed by atoms with E-state index in [1.165, 1.54) is 37.7 Å². The van der Waals surface area contributed by atoms with Crippen LogP contribution in [0.3, 0.4) is 0 Å². The molecule has 0 saturated heterocycles. The minimum atomic E-state index is 0. The maximum Gasteiger partial charge on any atom is 0.122 e. The Bertz CT molecular complexity index is 348. The van der Waals surface area contributed by atoms with Gasteiger partial charge in [0, 0.05) is 17.5 Å². The molecule has 0 radical (unpaired) electrons. The molecule has 2 N–H and O–H groups in total. The molecule has 1 saturated carbocycles. The fourth-order valence-electron chi connectivity index (χ4n) is 2.89. The lowest BCUT2D eigenvalue weighted by Gasteiger charge is -2.37. The highest BCUT2D eigenvalue weighted by atomic mass is 35.5. The van der Waals surface area contributed by atoms with Gasteiger partial charge < -0.3 is 10.5 Å². The van der Waals surface area contributed by atoms with Crippen LogP contribution in [0.4, 0.5) is 0 Å². The van der Waals surface area contributed by atoms with E-state index in [-0.39, 0.29) is 17.8 Å². The van der Waals surface area contributed by atoms with Crippen molar-refractivity contribution in [1.29, 1.82) is 0 Å². The summed E-state index contributed by atoms with van der Waals surface area (Å²) < 4.78 is 5.47. The van der Waals surface area contributed by atoms with E-state index in [1.54, 1.807) is 7.11 Å². The van der Waals surface area contributed by atoms with Crippen LogP contribution >= 0.6 is 12.4 Å². The molecule has 0 unspecified atom stereocenters. The van der Waals surface area contributed by atoms with Gasteiger partial charge in [0.15, 0.2) is 0 Å². The maximum absolute atomic E-state index is 6.04. The first-order valence-corrected chi connectivity index (χ1v) is 6.16. The minimum absolute atomic E-state index is 0. The zero-order chi connectivity index (χ0) is 11.4. The van der Waals surface area contributed by atoms with Gasteiger partial charge in [-0.25, -0.2) is 0 Å². The molecule has 0 atom stereocenters. The Hall–Kier alpha value is -0.730. The molecule has 1 aliphatic rings. The molecule has 0 bridgehead atoms. The average molecular weight is 256 g/mol. The van der Waals surface area contributed by atoms with Gasteiger partial charge in [-0.2, -0.15) is 0 Å². The zero-order valence-electron chi connectivity index (χ0n) is 10.4. The highest BCUT2D eigenvalue weighted by Gasteiger charge is 2.34. The van der Waals surface area contributed by atoms with Gasteiger partial charge in [-0.05, 0) is 18.9 Å². The molecule has 0 spiro atoms. The molecule has 3 heteroatoms. The number of halogens is 1. The number of hydrogen-bond acceptors (Lipinski definition) is 2. The summed E-state index contributed by atoms with van der Waals surface area (Å²) in [5, 5.41) is 0. The second-order valence-corrected chi connectivity index (χ2v) is 4.75. The van der Waals surface area contributed by atoms with E-state index in [2.05, 4.69) is 12.1 Å². The maximum atomic E-state index is 6.04. The van der Waals surface area contributed by atoms with E-state index in [0.717, 1.165) is 12.3 Å². The summed E-state index contributed by atoms with van der Waals surface area (Å²) >= 11 is 0. The van der Waals surface area contributed by atoms with Crippen LogP contribution in [-0.4, -0.2) is 13.7 Å². The lowest BCUT2D eigenvalue weighted by Crippen LogP contribution is -2.37. The first-order chi connectivity index (χ1) is 7.82. The third-order valence-corrected chi connectivity index (χ3v) is 3.88. The molecule has 1 aliphatic carbocycles. The number of benzene rings is 1. The van der Waals surface area contributed by atoms with Crippen LogP contribution in [-0.2, 0) is 5.41 Å². The van der Waals surface area contributed by atoms with Crippen LogP contribution in [0, 0.1) is 0 Å². The standard InChI is InChI=1S/C14H21NO.ClH/c1-16-13-8-4-3-7-12(13)14(11-15)9-5-2-6-10-14;/h3-4,7-8H,2,5-6,9-11,15H2,1H3;1H. The van der Waals surface area contributed by atoms with E-state index >= 15 is 0 Å². The van der Waals surface area contributed by atoms with Crippen LogP contribution in [0.2, 0.25) is 0 Å². The fourth-order valence-corrected chi connectivity index (χ4v) is 2.89. The molecule has 2 nitrogen and oxygen atoms in total. The molecular weight excluding hydrogens is 234 g/mol. The second-order valence-electron chi connectivity index (χ2n) is 4.75. The van der Waals surface area contributed by atoms with Crippen molar-refractivity contribution in [1.82, 2.24) is 0 Å². The van der Waals surface area contributed by atoms with E-state index in [9.17, 15) is 0 Å². The van der Waals surface area contributed by atoms with E-state index in [4.69, 9.17) is 10.5 Å². The Morgan fingerprint density at radius 3 is 2.41 bits per heavy atom. The summed E-state index contributed by atoms with van der Waals surface area (Å²) in [6.07, 6.45) is 6.31. The van der Waals surface area contributed by atoms with Crippen LogP contribution in [0.25, 0.3) is 0 Å². The quantitative estimate of drug-likeness (QED) is 0.900. The summed E-state index contributed by atoms with van der Waals surface area (Å²) in [7, 11) is 1.74. The van der Waals surface area contributed by atoms with E-state index < -0.39 is 0 Å². The third-order valence-electron chi connectivity index (χ3n) is 3.88. The number of methoxy groups -OCH3 is 1. The predicted molar refractivity (Wildman–Crippen MR) is 74.1 cm³/mol. The van der Waals surface area contributed by atoms with Gasteiger partial charge in [-0.15, -0.1) is 12.4 Å². The summed E-state index contributed by atoms with van der Waals surface area (Å²) in [6, 6.07) is 8.33. The molecule has 0 heterocycles. The number of rotatable bonds is 3. The summed E-state index contributed by atoms with van der Waals surface area (Å²) in [5.74, 6) is 0.995. The third kappa shape index (κ3) is 2.75. The van der Waals surface area contributed by atoms with Crippen LogP contribution in [0.1, 0.15) is 37.7 Å². The highest BCUT2D eigenvalue weighted by Crippen LogP contribution is 2.42. The molecular formula is C14H22ClNO. The van der Waals surface area contributed by atoms with Gasteiger partial charge in [0.2, 0.25) is 0 Å². The van der Waals surface area contributed by atoms with Crippen molar-refractivity contribution in [3.63, 3.8) is 0 Å². The van der Waals surface area contributed by atoms with Crippen molar-refractivity contribution < 1.29 is 4.74 Å². The molecule has 0 amide bonds. The molecule has 0 aliphatic heterocycles. The normalized spacial score (nSPS) is 18.2. The largest absolute Gasteiger partial charge is 0.496 e. The topological polar surface area (TPSA) is 35.2 Å². The van der Waals surface area contributed by atoms with E-state index in [1.807, 2.05) is 12.1 Å². The fraction of sp³-hybridized carbons (Fsp3) is 0.571. The van der Waals surface area contributed by atoms with Crippen molar-refractivity contribution in [3.8, 4) is 5.75 Å². The van der Waals surface area contributed by atoms with Crippen molar-refractivity contribution in [3.05, 3.63) is 29.8 Å². The van der Waals surface area contributed by atoms with Gasteiger partial charge in [0.1, 0.15) is 5.75 Å². The smallest absolute Gasteiger partial charge is 0.122 e. The Labute approximate surface area is 110 Å². The molecule has 17 heavy (non-hydrogen) atoms. The zero-order valence-corrected chi connectivity index (χ0v) is 11.3. The first-order valence-electron chi connectivity index (χ1n) is 6.16. The van der Waals surface area contributed by atoms with Gasteiger partial charge in [-0.1, -0.05) is 37.5 Å². The predicted octanol–water partition coefficient (Wildman–Crippen LogP) is 3.28. The number of nitrogens with two attached hydrogens (primary N) is 1. The van der Waals surface area contributed by atoms with Crippen molar-refractivity contribution in [2.45, 2.75) is 37.5 Å². The van der Waals surface area contributed by atoms with Crippen LogP contribution < -0.4 is 10.5 Å². The number of hydrogen-bond donors (Lipinski definition) is 1. The van der Waals surface area contributed by atoms with Crippen molar-refractivity contribution >= 4 is 12.4 Å². The first kappa shape index (κ1) is 14.3. The summed E-state index contributed by atoms with van der Waals surface area (Å²) in [4.78, 5) is 0. The lowest BCUT2D eigenvalue weighted by atomic mass is 9.69. The molecule has 96 valence electrons. The van der Waals surface area contributed by atoms with Gasteiger partial charge in [0.25, 0.3) is 0 Å². The Morgan fingerprint density at radius 1 is 1.18 bits per heavy atom. The monoisotopic (exact) mass is 255 g/mol. The molecule has 2 rings (SSSR count). The molecule has 1 fully saturated rings. The van der Waals surface area contributed by atoms with E-state index in [0.29, 0.717) is 0 Å². The van der Waals surface area contributed by atoms with Gasteiger partial charge in [0.05, 0.1) is 7.11 Å². The van der Waals surface area contributed by atoms with Crippen LogP contribution in [0.5, 0.6) is 5.75 Å². The lowest BCUT2D eigenvalue weighted by molar-refractivity contribution is 0.288. The average Bonchev–Trinajstić information content (AvgIpc) is 2.39. The molecule has 1 aromatic rings. The highest BCUT2D eigenvalue weighted by molar-refractivity contribution is 5.85. The summed E-state index contributed by atoms with van der Waals surface area (Å²) in [5.41, 5.74) is 7.50. The minimum Gasteiger partial charge on any atom is -0.496 e. The van der Waals surface area contributed by atoms with Crippen molar-refractivity contribution in [2.75, 3.05) is 13.7 Å². The summed E-state index contributed by atoms with van der Waals surface area (Å²) in [6.45, 7) is 0.730. The number of para-hydroxylation sites is 1. The molecule has 1 aromatic carbocycles. The molecule has 0 aromatic heterocycles. The Morgan fingerprint density at radius 2 is 1.82 bits per heavy atom. The van der Waals surface area contributed by atoms with Crippen LogP contribution in [0.15, 0.2) is 24.3 Å². The number of ether oxygens (including phenoxy) is 1. The second kappa shape index (κ2) is 6.27. The van der Waals surface area contributed by atoms with Gasteiger partial charge >= 0.3 is 0 Å². The van der Waals surface area contributed by atoms with Crippen molar-refractivity contribution in [2.24, 2.45) is 5.73 Å². The SMILES string of the molecule is COc1ccccc1C1(CN)CCCCC1.Cl. The Balaban J connectivity index is 0.00000144. The Kier molecular flexibility index (Phi) is 5.29.